The number of rotatable bonds is 3. The normalized spacial score (nSPS) is 10.1. The SMILES string of the molecule is N#Cc1ccc(Oc2ncn(-c3ccccc3)n2)cc1Br. The van der Waals surface area contributed by atoms with Crippen molar-refractivity contribution in [1.82, 2.24) is 14.8 Å². The molecule has 2 aromatic carbocycles. The van der Waals surface area contributed by atoms with Gasteiger partial charge in [-0.25, -0.2) is 4.68 Å². The van der Waals surface area contributed by atoms with E-state index in [1.165, 1.54) is 0 Å². The van der Waals surface area contributed by atoms with E-state index in [1.54, 1.807) is 29.2 Å². The van der Waals surface area contributed by atoms with E-state index >= 15 is 0 Å². The minimum Gasteiger partial charge on any atom is -0.423 e. The van der Waals surface area contributed by atoms with Crippen molar-refractivity contribution in [3.8, 4) is 23.5 Å². The fourth-order valence-electron chi connectivity index (χ4n) is 1.76. The predicted molar refractivity (Wildman–Crippen MR) is 80.3 cm³/mol. The second kappa shape index (κ2) is 5.77. The average Bonchev–Trinajstić information content (AvgIpc) is 2.97. The molecule has 0 aliphatic heterocycles. The molecule has 102 valence electrons. The summed E-state index contributed by atoms with van der Waals surface area (Å²) in [5, 5.41) is 13.1. The molecule has 5 nitrogen and oxygen atoms in total. The molecule has 6 heteroatoms. The number of hydrogen-bond acceptors (Lipinski definition) is 4. The highest BCUT2D eigenvalue weighted by atomic mass is 79.9. The number of ether oxygens (including phenoxy) is 1. The topological polar surface area (TPSA) is 63.7 Å². The van der Waals surface area contributed by atoms with Gasteiger partial charge in [0.25, 0.3) is 0 Å². The summed E-state index contributed by atoms with van der Waals surface area (Å²) in [4.78, 5) is 4.11. The summed E-state index contributed by atoms with van der Waals surface area (Å²) in [5.74, 6) is 0.562. The molecule has 1 aromatic heterocycles. The van der Waals surface area contributed by atoms with E-state index in [0.717, 1.165) is 5.69 Å². The van der Waals surface area contributed by atoms with Crippen molar-refractivity contribution in [1.29, 1.82) is 5.26 Å². The zero-order valence-electron chi connectivity index (χ0n) is 10.8. The molecule has 0 amide bonds. The Hall–Kier alpha value is -2.65. The molecule has 21 heavy (non-hydrogen) atoms. The Morgan fingerprint density at radius 1 is 1.14 bits per heavy atom. The first-order chi connectivity index (χ1) is 10.3. The van der Waals surface area contributed by atoms with E-state index < -0.39 is 0 Å². The molecule has 0 saturated heterocycles. The molecule has 0 unspecified atom stereocenters. The van der Waals surface area contributed by atoms with Gasteiger partial charge in [-0.2, -0.15) is 10.2 Å². The predicted octanol–water partition coefficient (Wildman–Crippen LogP) is 3.69. The van der Waals surface area contributed by atoms with Crippen LogP contribution >= 0.6 is 15.9 Å². The van der Waals surface area contributed by atoms with E-state index in [0.29, 0.717) is 15.8 Å². The summed E-state index contributed by atoms with van der Waals surface area (Å²) in [6.07, 6.45) is 1.59. The Kier molecular flexibility index (Phi) is 3.67. The van der Waals surface area contributed by atoms with Gasteiger partial charge in [0.05, 0.1) is 11.3 Å². The smallest absolute Gasteiger partial charge is 0.341 e. The molecule has 0 radical (unpaired) electrons. The summed E-state index contributed by atoms with van der Waals surface area (Å²) >= 11 is 3.31. The third-order valence-corrected chi connectivity index (χ3v) is 3.42. The lowest BCUT2D eigenvalue weighted by Gasteiger charge is -2.02. The molecule has 0 fully saturated rings. The lowest BCUT2D eigenvalue weighted by atomic mass is 10.2. The van der Waals surface area contributed by atoms with Gasteiger partial charge in [-0.3, -0.25) is 0 Å². The Morgan fingerprint density at radius 3 is 2.67 bits per heavy atom. The summed E-state index contributed by atoms with van der Waals surface area (Å²) in [5.41, 5.74) is 1.45. The van der Waals surface area contributed by atoms with Crippen molar-refractivity contribution in [3.63, 3.8) is 0 Å². The molecule has 0 aliphatic carbocycles. The Labute approximate surface area is 129 Å². The Morgan fingerprint density at radius 2 is 1.95 bits per heavy atom. The third kappa shape index (κ3) is 2.93. The molecule has 3 rings (SSSR count). The van der Waals surface area contributed by atoms with Gasteiger partial charge in [-0.05, 0) is 46.3 Å². The van der Waals surface area contributed by atoms with Crippen molar-refractivity contribution >= 4 is 15.9 Å². The molecule has 0 spiro atoms. The lowest BCUT2D eigenvalue weighted by molar-refractivity contribution is 0.441. The third-order valence-electron chi connectivity index (χ3n) is 2.76. The van der Waals surface area contributed by atoms with Crippen molar-refractivity contribution in [2.75, 3.05) is 0 Å². The van der Waals surface area contributed by atoms with Crippen LogP contribution in [0.2, 0.25) is 0 Å². The highest BCUT2D eigenvalue weighted by Gasteiger charge is 2.07. The number of para-hydroxylation sites is 1. The number of nitriles is 1. The summed E-state index contributed by atoms with van der Waals surface area (Å²) in [6.45, 7) is 0. The summed E-state index contributed by atoms with van der Waals surface area (Å²) < 4.78 is 7.88. The van der Waals surface area contributed by atoms with Crippen LogP contribution in [-0.4, -0.2) is 14.8 Å². The van der Waals surface area contributed by atoms with Crippen LogP contribution in [0, 0.1) is 11.3 Å². The molecule has 0 saturated carbocycles. The first-order valence-corrected chi connectivity index (χ1v) is 6.90. The minimum atomic E-state index is 0.246. The van der Waals surface area contributed by atoms with Gasteiger partial charge in [0.1, 0.15) is 18.1 Å². The van der Waals surface area contributed by atoms with Crippen LogP contribution < -0.4 is 4.74 Å². The van der Waals surface area contributed by atoms with Crippen LogP contribution in [0.3, 0.4) is 0 Å². The molecule has 0 atom stereocenters. The first kappa shape index (κ1) is 13.3. The summed E-state index contributed by atoms with van der Waals surface area (Å²) in [7, 11) is 0. The van der Waals surface area contributed by atoms with E-state index in [9.17, 15) is 0 Å². The molecular weight excluding hydrogens is 332 g/mol. The van der Waals surface area contributed by atoms with Gasteiger partial charge in [0, 0.05) is 4.47 Å². The van der Waals surface area contributed by atoms with Gasteiger partial charge < -0.3 is 4.74 Å². The first-order valence-electron chi connectivity index (χ1n) is 6.11. The van der Waals surface area contributed by atoms with Gasteiger partial charge in [-0.1, -0.05) is 18.2 Å². The molecule has 0 bridgehead atoms. The van der Waals surface area contributed by atoms with Gasteiger partial charge in [0.15, 0.2) is 0 Å². The van der Waals surface area contributed by atoms with Crippen LogP contribution in [0.15, 0.2) is 59.3 Å². The summed E-state index contributed by atoms with van der Waals surface area (Å²) in [6, 6.07) is 17.0. The van der Waals surface area contributed by atoms with Gasteiger partial charge in [0.2, 0.25) is 0 Å². The highest BCUT2D eigenvalue weighted by Crippen LogP contribution is 2.25. The fourth-order valence-corrected chi connectivity index (χ4v) is 2.20. The van der Waals surface area contributed by atoms with E-state index in [4.69, 9.17) is 10.00 Å². The van der Waals surface area contributed by atoms with Gasteiger partial charge >= 0.3 is 6.01 Å². The van der Waals surface area contributed by atoms with E-state index in [2.05, 4.69) is 32.1 Å². The van der Waals surface area contributed by atoms with Crippen molar-refractivity contribution in [2.24, 2.45) is 0 Å². The largest absolute Gasteiger partial charge is 0.423 e. The maximum absolute atomic E-state index is 8.88. The number of benzene rings is 2. The minimum absolute atomic E-state index is 0.246. The number of nitrogens with zero attached hydrogens (tertiary/aromatic N) is 4. The maximum atomic E-state index is 8.88. The van der Waals surface area contributed by atoms with Crippen LogP contribution in [0.1, 0.15) is 5.56 Å². The molecule has 1 heterocycles. The number of halogens is 1. The van der Waals surface area contributed by atoms with Crippen LogP contribution in [0.5, 0.6) is 11.8 Å². The highest BCUT2D eigenvalue weighted by molar-refractivity contribution is 9.10. The molecule has 0 N–H and O–H groups in total. The van der Waals surface area contributed by atoms with Crippen molar-refractivity contribution < 1.29 is 4.74 Å². The monoisotopic (exact) mass is 340 g/mol. The quantitative estimate of drug-likeness (QED) is 0.729. The van der Waals surface area contributed by atoms with Crippen molar-refractivity contribution in [2.45, 2.75) is 0 Å². The molecular formula is C15H9BrN4O. The molecule has 3 aromatic rings. The maximum Gasteiger partial charge on any atom is 0.341 e. The van der Waals surface area contributed by atoms with Crippen LogP contribution in [0.25, 0.3) is 5.69 Å². The van der Waals surface area contributed by atoms with E-state index in [1.807, 2.05) is 30.3 Å². The van der Waals surface area contributed by atoms with Crippen LogP contribution in [0.4, 0.5) is 0 Å². The average molecular weight is 341 g/mol. The van der Waals surface area contributed by atoms with E-state index in [-0.39, 0.29) is 6.01 Å². The standard InChI is InChI=1S/C15H9BrN4O/c16-14-8-13(7-6-11(14)9-17)21-15-18-10-20(19-15)12-4-2-1-3-5-12/h1-8,10H. The Balaban J connectivity index is 1.82. The van der Waals surface area contributed by atoms with Crippen LogP contribution in [-0.2, 0) is 0 Å². The van der Waals surface area contributed by atoms with Gasteiger partial charge in [-0.15, -0.1) is 5.10 Å². The number of aromatic nitrogens is 3. The van der Waals surface area contributed by atoms with Crippen molar-refractivity contribution in [3.05, 3.63) is 64.9 Å². The lowest BCUT2D eigenvalue weighted by Crippen LogP contribution is -1.94. The second-order valence-corrected chi connectivity index (χ2v) is 5.02. The number of hydrogen-bond donors (Lipinski definition) is 0. The zero-order chi connectivity index (χ0) is 14.7. The second-order valence-electron chi connectivity index (χ2n) is 4.16. The fraction of sp³-hybridized carbons (Fsp3) is 0. The Bertz CT molecular complexity index is 808. The zero-order valence-corrected chi connectivity index (χ0v) is 12.4. The molecule has 0 aliphatic rings.